The van der Waals surface area contributed by atoms with Gasteiger partial charge in [0, 0.05) is 23.9 Å². The molecule has 0 N–H and O–H groups in total. The Labute approximate surface area is 122 Å². The van der Waals surface area contributed by atoms with E-state index in [2.05, 4.69) is 6.58 Å². The highest BCUT2D eigenvalue weighted by Gasteiger charge is 2.19. The topological polar surface area (TPSA) is 65.7 Å². The lowest BCUT2D eigenvalue weighted by Gasteiger charge is -2.11. The van der Waals surface area contributed by atoms with Crippen LogP contribution in [0.3, 0.4) is 0 Å². The largest absolute Gasteiger partial charge is 0.464 e. The zero-order valence-corrected chi connectivity index (χ0v) is 12.2. The average molecular weight is 288 g/mol. The number of hydrogen-bond donors (Lipinski definition) is 0. The van der Waals surface area contributed by atoms with Gasteiger partial charge in [0.15, 0.2) is 0 Å². The molecule has 0 spiro atoms. The van der Waals surface area contributed by atoms with E-state index in [-0.39, 0.29) is 17.9 Å². The molecular weight excluding hydrogens is 272 g/mol. The molecule has 5 heteroatoms. The molecule has 1 aromatic heterocycles. The smallest absolute Gasteiger partial charge is 0.338 e. The highest BCUT2D eigenvalue weighted by Crippen LogP contribution is 2.33. The number of hydrogen-bond acceptors (Lipinski definition) is 5. The van der Waals surface area contributed by atoms with Crippen molar-refractivity contribution in [2.45, 2.75) is 20.8 Å². The highest BCUT2D eigenvalue weighted by molar-refractivity contribution is 6.17. The standard InChI is InChI=1S/C16H16O5/c1-5-19-16(18)10(3)13-6-12-9(2)8-20-14(12)7-15(13)21-11(4)17/h6-8H,3,5H2,1-2,4H3. The molecule has 1 heterocycles. The van der Waals surface area contributed by atoms with Crippen LogP contribution < -0.4 is 4.74 Å². The molecule has 2 aromatic rings. The van der Waals surface area contributed by atoms with Crippen LogP contribution >= 0.6 is 0 Å². The maximum atomic E-state index is 11.9. The quantitative estimate of drug-likeness (QED) is 0.491. The second-order valence-electron chi connectivity index (χ2n) is 4.56. The van der Waals surface area contributed by atoms with Crippen molar-refractivity contribution in [3.63, 3.8) is 0 Å². The normalized spacial score (nSPS) is 10.4. The van der Waals surface area contributed by atoms with E-state index < -0.39 is 11.9 Å². The van der Waals surface area contributed by atoms with Gasteiger partial charge in [-0.15, -0.1) is 0 Å². The second kappa shape index (κ2) is 5.83. The van der Waals surface area contributed by atoms with E-state index in [1.165, 1.54) is 6.92 Å². The Morgan fingerprint density at radius 2 is 2.05 bits per heavy atom. The highest BCUT2D eigenvalue weighted by atomic mass is 16.5. The Hall–Kier alpha value is -2.56. The van der Waals surface area contributed by atoms with Crippen molar-refractivity contribution in [1.82, 2.24) is 0 Å². The Morgan fingerprint density at radius 1 is 1.33 bits per heavy atom. The summed E-state index contributed by atoms with van der Waals surface area (Å²) in [5.74, 6) is -0.815. The average Bonchev–Trinajstić information content (AvgIpc) is 2.77. The van der Waals surface area contributed by atoms with Crippen LogP contribution in [0.25, 0.3) is 16.5 Å². The van der Waals surface area contributed by atoms with Crippen LogP contribution in [0.1, 0.15) is 25.0 Å². The molecule has 0 atom stereocenters. The van der Waals surface area contributed by atoms with Gasteiger partial charge in [0.05, 0.1) is 18.4 Å². The van der Waals surface area contributed by atoms with Crippen molar-refractivity contribution < 1.29 is 23.5 Å². The lowest BCUT2D eigenvalue weighted by molar-refractivity contribution is -0.136. The van der Waals surface area contributed by atoms with Gasteiger partial charge >= 0.3 is 11.9 Å². The molecule has 0 unspecified atom stereocenters. The van der Waals surface area contributed by atoms with Gasteiger partial charge in [0.25, 0.3) is 0 Å². The summed E-state index contributed by atoms with van der Waals surface area (Å²) in [6.45, 7) is 8.86. The van der Waals surface area contributed by atoms with Gasteiger partial charge in [-0.1, -0.05) is 6.58 Å². The Bertz CT molecular complexity index is 724. The minimum Gasteiger partial charge on any atom is -0.464 e. The number of ether oxygens (including phenoxy) is 2. The van der Waals surface area contributed by atoms with Gasteiger partial charge in [-0.05, 0) is 25.5 Å². The molecule has 2 rings (SSSR count). The molecular formula is C16H16O5. The lowest BCUT2D eigenvalue weighted by Crippen LogP contribution is -2.09. The third kappa shape index (κ3) is 2.97. The van der Waals surface area contributed by atoms with Crippen LogP contribution in [0, 0.1) is 6.92 Å². The predicted molar refractivity (Wildman–Crippen MR) is 77.9 cm³/mol. The zero-order valence-electron chi connectivity index (χ0n) is 12.2. The monoisotopic (exact) mass is 288 g/mol. The maximum absolute atomic E-state index is 11.9. The summed E-state index contributed by atoms with van der Waals surface area (Å²) in [7, 11) is 0. The van der Waals surface area contributed by atoms with Gasteiger partial charge in [-0.3, -0.25) is 4.79 Å². The van der Waals surface area contributed by atoms with E-state index in [0.29, 0.717) is 11.1 Å². The summed E-state index contributed by atoms with van der Waals surface area (Å²) in [4.78, 5) is 23.1. The number of rotatable bonds is 4. The number of aryl methyl sites for hydroxylation is 1. The molecule has 0 aliphatic carbocycles. The van der Waals surface area contributed by atoms with Crippen LogP contribution in [0.2, 0.25) is 0 Å². The fourth-order valence-electron chi connectivity index (χ4n) is 1.99. The molecule has 0 aliphatic rings. The summed E-state index contributed by atoms with van der Waals surface area (Å²) >= 11 is 0. The Kier molecular flexibility index (Phi) is 4.12. The van der Waals surface area contributed by atoms with Gasteiger partial charge in [0.1, 0.15) is 11.3 Å². The number of fused-ring (bicyclic) bond motifs is 1. The summed E-state index contributed by atoms with van der Waals surface area (Å²) in [5.41, 5.74) is 2.04. The number of carbonyl (C=O) groups excluding carboxylic acids is 2. The van der Waals surface area contributed by atoms with Crippen molar-refractivity contribution in [2.75, 3.05) is 6.61 Å². The Morgan fingerprint density at radius 3 is 2.67 bits per heavy atom. The van der Waals surface area contributed by atoms with Gasteiger partial charge < -0.3 is 13.9 Å². The van der Waals surface area contributed by atoms with E-state index in [9.17, 15) is 9.59 Å². The molecule has 0 radical (unpaired) electrons. The molecule has 0 aliphatic heterocycles. The number of benzene rings is 1. The molecule has 1 aromatic carbocycles. The van der Waals surface area contributed by atoms with E-state index >= 15 is 0 Å². The van der Waals surface area contributed by atoms with Crippen molar-refractivity contribution in [1.29, 1.82) is 0 Å². The molecule has 0 bridgehead atoms. The third-order valence-electron chi connectivity index (χ3n) is 2.97. The summed E-state index contributed by atoms with van der Waals surface area (Å²) in [6.07, 6.45) is 1.60. The van der Waals surface area contributed by atoms with Crippen LogP contribution in [-0.4, -0.2) is 18.5 Å². The fraction of sp³-hybridized carbons (Fsp3) is 0.250. The van der Waals surface area contributed by atoms with Gasteiger partial charge in [0.2, 0.25) is 0 Å². The van der Waals surface area contributed by atoms with Gasteiger partial charge in [-0.2, -0.15) is 0 Å². The van der Waals surface area contributed by atoms with E-state index in [4.69, 9.17) is 13.9 Å². The number of esters is 2. The van der Waals surface area contributed by atoms with E-state index in [0.717, 1.165) is 10.9 Å². The first-order valence-corrected chi connectivity index (χ1v) is 6.50. The minimum atomic E-state index is -0.550. The van der Waals surface area contributed by atoms with E-state index in [1.807, 2.05) is 6.92 Å². The summed E-state index contributed by atoms with van der Waals surface area (Å²) < 4.78 is 15.5. The van der Waals surface area contributed by atoms with E-state index in [1.54, 1.807) is 25.3 Å². The van der Waals surface area contributed by atoms with Crippen molar-refractivity contribution in [3.05, 3.63) is 36.1 Å². The molecule has 21 heavy (non-hydrogen) atoms. The molecule has 0 saturated heterocycles. The van der Waals surface area contributed by atoms with Crippen LogP contribution in [-0.2, 0) is 14.3 Å². The van der Waals surface area contributed by atoms with Crippen LogP contribution in [0.4, 0.5) is 0 Å². The number of furan rings is 1. The summed E-state index contributed by atoms with van der Waals surface area (Å²) in [6, 6.07) is 3.29. The molecule has 0 fully saturated rings. The predicted octanol–water partition coefficient (Wildman–Crippen LogP) is 3.24. The molecule has 110 valence electrons. The minimum absolute atomic E-state index is 0.135. The first-order valence-electron chi connectivity index (χ1n) is 6.50. The van der Waals surface area contributed by atoms with Crippen LogP contribution in [0.5, 0.6) is 5.75 Å². The second-order valence-corrected chi connectivity index (χ2v) is 4.56. The lowest BCUT2D eigenvalue weighted by atomic mass is 10.0. The molecule has 0 amide bonds. The molecule has 5 nitrogen and oxygen atoms in total. The van der Waals surface area contributed by atoms with Crippen LogP contribution in [0.15, 0.2) is 29.4 Å². The molecule has 0 saturated carbocycles. The Balaban J connectivity index is 2.56. The fourth-order valence-corrected chi connectivity index (χ4v) is 1.99. The van der Waals surface area contributed by atoms with Crippen molar-refractivity contribution in [2.24, 2.45) is 0 Å². The maximum Gasteiger partial charge on any atom is 0.338 e. The third-order valence-corrected chi connectivity index (χ3v) is 2.97. The van der Waals surface area contributed by atoms with Crippen molar-refractivity contribution in [3.8, 4) is 5.75 Å². The van der Waals surface area contributed by atoms with Crippen molar-refractivity contribution >= 4 is 28.5 Å². The number of carbonyl (C=O) groups is 2. The van der Waals surface area contributed by atoms with Gasteiger partial charge in [-0.25, -0.2) is 4.79 Å². The zero-order chi connectivity index (χ0) is 15.6. The first kappa shape index (κ1) is 14.8. The summed E-state index contributed by atoms with van der Waals surface area (Å²) in [5, 5.41) is 0.825. The SMILES string of the molecule is C=C(C(=O)OCC)c1cc2c(C)coc2cc1OC(C)=O. The first-order chi connectivity index (χ1) is 9.93.